The molecular formula is C13H28IN3O. The zero-order chi connectivity index (χ0) is 12.5. The van der Waals surface area contributed by atoms with Crippen molar-refractivity contribution < 1.29 is 4.74 Å². The molecule has 1 fully saturated rings. The molecule has 18 heavy (non-hydrogen) atoms. The van der Waals surface area contributed by atoms with E-state index in [2.05, 4.69) is 29.5 Å². The van der Waals surface area contributed by atoms with E-state index in [0.29, 0.717) is 6.10 Å². The van der Waals surface area contributed by atoms with Gasteiger partial charge in [0.25, 0.3) is 0 Å². The maximum Gasteiger partial charge on any atom is 0.190 e. The molecule has 0 spiro atoms. The summed E-state index contributed by atoms with van der Waals surface area (Å²) in [6.45, 7) is 7.32. The number of guanidine groups is 1. The van der Waals surface area contributed by atoms with E-state index in [4.69, 9.17) is 4.74 Å². The molecule has 4 nitrogen and oxygen atoms in total. The lowest BCUT2D eigenvalue weighted by molar-refractivity contribution is 0.105. The van der Waals surface area contributed by atoms with Crippen molar-refractivity contribution in [2.24, 2.45) is 10.9 Å². The minimum absolute atomic E-state index is 0. The van der Waals surface area contributed by atoms with Crippen molar-refractivity contribution in [3.05, 3.63) is 0 Å². The first-order chi connectivity index (χ1) is 8.22. The maximum atomic E-state index is 5.58. The molecule has 0 saturated carbocycles. The van der Waals surface area contributed by atoms with Gasteiger partial charge in [-0.15, -0.1) is 24.0 Å². The van der Waals surface area contributed by atoms with Crippen LogP contribution in [0.1, 0.15) is 39.5 Å². The topological polar surface area (TPSA) is 45.7 Å². The first-order valence-electron chi connectivity index (χ1n) is 6.78. The minimum Gasteiger partial charge on any atom is -0.378 e. The number of halogens is 1. The summed E-state index contributed by atoms with van der Waals surface area (Å²) in [7, 11) is 1.82. The van der Waals surface area contributed by atoms with Crippen LogP contribution in [-0.4, -0.2) is 38.8 Å². The minimum atomic E-state index is 0. The third kappa shape index (κ3) is 8.13. The lowest BCUT2D eigenvalue weighted by Gasteiger charge is -2.14. The molecule has 0 radical (unpaired) electrons. The van der Waals surface area contributed by atoms with E-state index < -0.39 is 0 Å². The van der Waals surface area contributed by atoms with Gasteiger partial charge < -0.3 is 15.4 Å². The molecule has 1 rings (SSSR count). The lowest BCUT2D eigenvalue weighted by Crippen LogP contribution is -2.39. The lowest BCUT2D eigenvalue weighted by atomic mass is 10.1. The Morgan fingerprint density at radius 2 is 2.06 bits per heavy atom. The fraction of sp³-hybridized carbons (Fsp3) is 0.923. The number of aliphatic imine (C=N–C) groups is 1. The van der Waals surface area contributed by atoms with Crippen molar-refractivity contribution >= 4 is 29.9 Å². The first-order valence-corrected chi connectivity index (χ1v) is 6.78. The van der Waals surface area contributed by atoms with Crippen LogP contribution in [0.5, 0.6) is 0 Å². The molecule has 0 aromatic carbocycles. The monoisotopic (exact) mass is 369 g/mol. The van der Waals surface area contributed by atoms with Crippen LogP contribution in [0.2, 0.25) is 0 Å². The largest absolute Gasteiger partial charge is 0.378 e. The van der Waals surface area contributed by atoms with Crippen molar-refractivity contribution in [2.45, 2.75) is 45.6 Å². The summed E-state index contributed by atoms with van der Waals surface area (Å²) >= 11 is 0. The summed E-state index contributed by atoms with van der Waals surface area (Å²) in [5.74, 6) is 1.64. The second kappa shape index (κ2) is 10.8. The molecule has 0 amide bonds. The highest BCUT2D eigenvalue weighted by Gasteiger charge is 2.14. The molecule has 108 valence electrons. The average molecular weight is 369 g/mol. The molecule has 0 bridgehead atoms. The van der Waals surface area contributed by atoms with Gasteiger partial charge in [0.15, 0.2) is 5.96 Å². The highest BCUT2D eigenvalue weighted by atomic mass is 127. The van der Waals surface area contributed by atoms with Crippen LogP contribution in [0.15, 0.2) is 4.99 Å². The third-order valence-corrected chi connectivity index (χ3v) is 3.02. The predicted octanol–water partition coefficient (Wildman–Crippen LogP) is 2.38. The second-order valence-electron chi connectivity index (χ2n) is 5.03. The van der Waals surface area contributed by atoms with E-state index in [1.165, 1.54) is 19.3 Å². The summed E-state index contributed by atoms with van der Waals surface area (Å²) in [4.78, 5) is 4.20. The van der Waals surface area contributed by atoms with E-state index in [0.717, 1.165) is 38.0 Å². The molecule has 1 atom stereocenters. The van der Waals surface area contributed by atoms with Gasteiger partial charge in [0.1, 0.15) is 0 Å². The second-order valence-corrected chi connectivity index (χ2v) is 5.03. The summed E-state index contributed by atoms with van der Waals surface area (Å²) in [6, 6.07) is 0. The summed E-state index contributed by atoms with van der Waals surface area (Å²) < 4.78 is 5.58. The Bertz CT molecular complexity index is 228. The fourth-order valence-electron chi connectivity index (χ4n) is 1.92. The molecule has 0 aromatic rings. The zero-order valence-electron chi connectivity index (χ0n) is 11.9. The number of nitrogens with one attached hydrogen (secondary N) is 2. The Labute approximate surface area is 128 Å². The summed E-state index contributed by atoms with van der Waals surface area (Å²) in [5.41, 5.74) is 0. The highest BCUT2D eigenvalue weighted by Crippen LogP contribution is 2.14. The van der Waals surface area contributed by atoms with Crippen molar-refractivity contribution in [2.75, 3.05) is 26.7 Å². The van der Waals surface area contributed by atoms with Crippen molar-refractivity contribution in [3.63, 3.8) is 0 Å². The van der Waals surface area contributed by atoms with Crippen molar-refractivity contribution in [1.29, 1.82) is 0 Å². The standard InChI is InChI=1S/C13H27N3O.HI/c1-11(2)6-8-15-13(14-3)16-9-7-12-5-4-10-17-12;/h11-12H,4-10H2,1-3H3,(H2,14,15,16);1H. The Hall–Kier alpha value is -0.0400. The van der Waals surface area contributed by atoms with Crippen LogP contribution in [0.3, 0.4) is 0 Å². The van der Waals surface area contributed by atoms with Gasteiger partial charge in [0, 0.05) is 26.7 Å². The van der Waals surface area contributed by atoms with E-state index in [-0.39, 0.29) is 24.0 Å². The van der Waals surface area contributed by atoms with Crippen molar-refractivity contribution in [1.82, 2.24) is 10.6 Å². The molecule has 1 heterocycles. The highest BCUT2D eigenvalue weighted by molar-refractivity contribution is 14.0. The van der Waals surface area contributed by atoms with Gasteiger partial charge >= 0.3 is 0 Å². The number of rotatable bonds is 6. The van der Waals surface area contributed by atoms with Crippen molar-refractivity contribution in [3.8, 4) is 0 Å². The Morgan fingerprint density at radius 3 is 2.61 bits per heavy atom. The molecular weight excluding hydrogens is 341 g/mol. The maximum absolute atomic E-state index is 5.58. The first kappa shape index (κ1) is 18.0. The molecule has 1 unspecified atom stereocenters. The molecule has 5 heteroatoms. The van der Waals surface area contributed by atoms with Gasteiger partial charge in [0.2, 0.25) is 0 Å². The van der Waals surface area contributed by atoms with Crippen LogP contribution in [0, 0.1) is 5.92 Å². The van der Waals surface area contributed by atoms with Crippen LogP contribution in [-0.2, 0) is 4.74 Å². The molecule has 1 aliphatic heterocycles. The third-order valence-electron chi connectivity index (χ3n) is 3.02. The molecule has 0 aliphatic carbocycles. The Morgan fingerprint density at radius 1 is 1.33 bits per heavy atom. The van der Waals surface area contributed by atoms with Crippen LogP contribution >= 0.6 is 24.0 Å². The molecule has 1 aliphatic rings. The van der Waals surface area contributed by atoms with E-state index >= 15 is 0 Å². The molecule has 2 N–H and O–H groups in total. The van der Waals surface area contributed by atoms with Crippen LogP contribution < -0.4 is 10.6 Å². The smallest absolute Gasteiger partial charge is 0.190 e. The molecule has 0 aromatic heterocycles. The number of ether oxygens (including phenoxy) is 1. The number of hydrogen-bond acceptors (Lipinski definition) is 2. The predicted molar refractivity (Wildman–Crippen MR) is 87.8 cm³/mol. The summed E-state index contributed by atoms with van der Waals surface area (Å²) in [5, 5.41) is 6.65. The van der Waals surface area contributed by atoms with Gasteiger partial charge in [-0.05, 0) is 31.6 Å². The van der Waals surface area contributed by atoms with Gasteiger partial charge in [-0.3, -0.25) is 4.99 Å². The number of hydrogen-bond donors (Lipinski definition) is 2. The van der Waals surface area contributed by atoms with E-state index in [1.807, 2.05) is 7.05 Å². The molecule has 1 saturated heterocycles. The Kier molecular flexibility index (Phi) is 10.8. The van der Waals surface area contributed by atoms with Gasteiger partial charge in [-0.2, -0.15) is 0 Å². The normalized spacial score (nSPS) is 19.8. The van der Waals surface area contributed by atoms with Gasteiger partial charge in [0.05, 0.1) is 6.10 Å². The SMILES string of the molecule is CN=C(NCCC(C)C)NCCC1CCCO1.I. The van der Waals surface area contributed by atoms with Gasteiger partial charge in [-0.1, -0.05) is 13.8 Å². The fourth-order valence-corrected chi connectivity index (χ4v) is 1.92. The quantitative estimate of drug-likeness (QED) is 0.429. The Balaban J connectivity index is 0.00000289. The van der Waals surface area contributed by atoms with Crippen LogP contribution in [0.25, 0.3) is 0 Å². The zero-order valence-corrected chi connectivity index (χ0v) is 14.2. The van der Waals surface area contributed by atoms with Crippen LogP contribution in [0.4, 0.5) is 0 Å². The van der Waals surface area contributed by atoms with E-state index in [9.17, 15) is 0 Å². The van der Waals surface area contributed by atoms with E-state index in [1.54, 1.807) is 0 Å². The van der Waals surface area contributed by atoms with Gasteiger partial charge in [-0.25, -0.2) is 0 Å². The summed E-state index contributed by atoms with van der Waals surface area (Å²) in [6.07, 6.45) is 5.13. The average Bonchev–Trinajstić information content (AvgIpc) is 2.79. The number of nitrogens with zero attached hydrogens (tertiary/aromatic N) is 1.